The van der Waals surface area contributed by atoms with Crippen LogP contribution in [0.3, 0.4) is 0 Å². The molecule has 0 saturated heterocycles. The lowest BCUT2D eigenvalue weighted by Crippen LogP contribution is -2.48. The molecule has 0 bridgehead atoms. The third-order valence-corrected chi connectivity index (χ3v) is 4.85. The number of carbonyl (C=O) groups excluding carboxylic acids is 2. The molecule has 1 aromatic carbocycles. The lowest BCUT2D eigenvalue weighted by atomic mass is 10.0. The zero-order valence-electron chi connectivity index (χ0n) is 18.9. The highest BCUT2D eigenvalue weighted by atomic mass is 16.3. The number of carbonyl (C=O) groups is 2. The molecular weight excluding hydrogens is 394 g/mol. The number of phenols is 1. The first-order valence-corrected chi connectivity index (χ1v) is 11.5. The zero-order valence-corrected chi connectivity index (χ0v) is 18.9. The molecule has 8 heteroatoms. The minimum atomic E-state index is -0.622. The first kappa shape index (κ1) is 26.9. The summed E-state index contributed by atoms with van der Waals surface area (Å²) in [6.07, 6.45) is 5.60. The summed E-state index contributed by atoms with van der Waals surface area (Å²) < 4.78 is 0. The van der Waals surface area contributed by atoms with Crippen LogP contribution in [-0.4, -0.2) is 62.2 Å². The third kappa shape index (κ3) is 13.7. The smallest absolute Gasteiger partial charge is 0.242 e. The Bertz CT molecular complexity index is 610. The van der Waals surface area contributed by atoms with Gasteiger partial charge in [0.15, 0.2) is 0 Å². The molecule has 176 valence electrons. The molecule has 0 aliphatic heterocycles. The van der Waals surface area contributed by atoms with Gasteiger partial charge in [0.25, 0.3) is 0 Å². The van der Waals surface area contributed by atoms with Crippen molar-refractivity contribution in [1.82, 2.24) is 21.3 Å². The van der Waals surface area contributed by atoms with Crippen LogP contribution in [0.1, 0.15) is 51.0 Å². The predicted octanol–water partition coefficient (Wildman–Crippen LogP) is 1.03. The van der Waals surface area contributed by atoms with Gasteiger partial charge in [0.05, 0.1) is 0 Å². The van der Waals surface area contributed by atoms with E-state index < -0.39 is 6.04 Å². The maximum Gasteiger partial charge on any atom is 0.242 e. The fourth-order valence-electron chi connectivity index (χ4n) is 3.10. The number of aromatic hydroxyl groups is 1. The Morgan fingerprint density at radius 2 is 1.55 bits per heavy atom. The van der Waals surface area contributed by atoms with E-state index in [2.05, 4.69) is 21.3 Å². The molecule has 0 spiro atoms. The highest BCUT2D eigenvalue weighted by molar-refractivity contribution is 5.87. The van der Waals surface area contributed by atoms with Crippen LogP contribution in [0.5, 0.6) is 5.75 Å². The number of unbranched alkanes of at least 4 members (excludes halogenated alkanes) is 1. The van der Waals surface area contributed by atoms with Crippen LogP contribution in [0, 0.1) is 0 Å². The fourth-order valence-corrected chi connectivity index (χ4v) is 3.10. The number of nitrogens with one attached hydrogen (secondary N) is 4. The lowest BCUT2D eigenvalue weighted by Gasteiger charge is -2.19. The number of amides is 2. The highest BCUT2D eigenvalue weighted by Crippen LogP contribution is 2.11. The molecule has 1 atom stereocenters. The summed E-state index contributed by atoms with van der Waals surface area (Å²) in [4.78, 5) is 24.7. The van der Waals surface area contributed by atoms with Crippen LogP contribution in [0.25, 0.3) is 0 Å². The molecule has 0 aliphatic carbocycles. The molecule has 1 aromatic rings. The van der Waals surface area contributed by atoms with Crippen LogP contribution < -0.4 is 27.0 Å². The lowest BCUT2D eigenvalue weighted by molar-refractivity contribution is -0.129. The first-order chi connectivity index (χ1) is 15.1. The molecule has 0 aliphatic rings. The Balaban J connectivity index is 2.25. The van der Waals surface area contributed by atoms with Gasteiger partial charge in [-0.2, -0.15) is 0 Å². The second-order valence-corrected chi connectivity index (χ2v) is 7.73. The zero-order chi connectivity index (χ0) is 22.7. The summed E-state index contributed by atoms with van der Waals surface area (Å²) in [6.45, 7) is 7.02. The van der Waals surface area contributed by atoms with Gasteiger partial charge in [-0.15, -0.1) is 0 Å². The van der Waals surface area contributed by atoms with Gasteiger partial charge >= 0.3 is 0 Å². The first-order valence-electron chi connectivity index (χ1n) is 11.5. The Kier molecular flexibility index (Phi) is 15.2. The van der Waals surface area contributed by atoms with Gasteiger partial charge in [0, 0.05) is 19.4 Å². The monoisotopic (exact) mass is 435 g/mol. The summed E-state index contributed by atoms with van der Waals surface area (Å²) >= 11 is 0. The van der Waals surface area contributed by atoms with Gasteiger partial charge in [0.2, 0.25) is 11.8 Å². The molecule has 7 N–H and O–H groups in total. The quantitative estimate of drug-likeness (QED) is 0.191. The highest BCUT2D eigenvalue weighted by Gasteiger charge is 2.20. The van der Waals surface area contributed by atoms with E-state index in [-0.39, 0.29) is 17.6 Å². The van der Waals surface area contributed by atoms with Gasteiger partial charge in [-0.3, -0.25) is 9.59 Å². The second-order valence-electron chi connectivity index (χ2n) is 7.73. The van der Waals surface area contributed by atoms with Crippen molar-refractivity contribution in [3.05, 3.63) is 29.8 Å². The maximum absolute atomic E-state index is 12.6. The summed E-state index contributed by atoms with van der Waals surface area (Å²) in [5.74, 6) is -0.128. The van der Waals surface area contributed by atoms with Gasteiger partial charge in [-0.25, -0.2) is 0 Å². The van der Waals surface area contributed by atoms with E-state index in [1.165, 1.54) is 0 Å². The van der Waals surface area contributed by atoms with Crippen molar-refractivity contribution < 1.29 is 14.7 Å². The van der Waals surface area contributed by atoms with Crippen molar-refractivity contribution in [2.45, 2.75) is 57.9 Å². The maximum atomic E-state index is 12.6. The van der Waals surface area contributed by atoms with Gasteiger partial charge < -0.3 is 32.1 Å². The summed E-state index contributed by atoms with van der Waals surface area (Å²) in [5, 5.41) is 21.9. The average Bonchev–Trinajstić information content (AvgIpc) is 2.75. The Morgan fingerprint density at radius 1 is 0.935 bits per heavy atom. The molecule has 8 nitrogen and oxygen atoms in total. The van der Waals surface area contributed by atoms with Gasteiger partial charge in [-0.1, -0.05) is 19.1 Å². The third-order valence-electron chi connectivity index (χ3n) is 4.85. The van der Waals surface area contributed by atoms with E-state index in [9.17, 15) is 14.7 Å². The van der Waals surface area contributed by atoms with Crippen molar-refractivity contribution in [2.24, 2.45) is 5.73 Å². The summed E-state index contributed by atoms with van der Waals surface area (Å²) in [7, 11) is 0. The van der Waals surface area contributed by atoms with Crippen LogP contribution in [0.4, 0.5) is 0 Å². The van der Waals surface area contributed by atoms with E-state index in [4.69, 9.17) is 5.73 Å². The van der Waals surface area contributed by atoms with Crippen LogP contribution >= 0.6 is 0 Å². The largest absolute Gasteiger partial charge is 0.508 e. The minimum Gasteiger partial charge on any atom is -0.508 e. The molecule has 0 aromatic heterocycles. The number of hydrogen-bond acceptors (Lipinski definition) is 6. The van der Waals surface area contributed by atoms with Crippen molar-refractivity contribution >= 4 is 11.8 Å². The van der Waals surface area contributed by atoms with Crippen LogP contribution in [0.15, 0.2) is 24.3 Å². The minimum absolute atomic E-state index is 0.124. The van der Waals surface area contributed by atoms with Crippen LogP contribution in [-0.2, 0) is 16.0 Å². The topological polar surface area (TPSA) is 129 Å². The van der Waals surface area contributed by atoms with E-state index in [1.807, 2.05) is 6.92 Å². The number of phenolic OH excluding ortho intramolecular Hbond substituents is 1. The van der Waals surface area contributed by atoms with Gasteiger partial charge in [-0.05, 0) is 82.5 Å². The number of benzene rings is 1. The molecule has 0 saturated carbocycles. The molecule has 2 amide bonds. The molecule has 0 unspecified atom stereocenters. The molecular formula is C23H41N5O3. The summed E-state index contributed by atoms with van der Waals surface area (Å²) in [6, 6.07) is 6.07. The van der Waals surface area contributed by atoms with E-state index in [0.29, 0.717) is 19.4 Å². The number of hydrogen-bond donors (Lipinski definition) is 6. The van der Waals surface area contributed by atoms with Gasteiger partial charge in [0.1, 0.15) is 11.8 Å². The SMILES string of the molecule is CCCC(=O)N[C@H](Cc1ccc(O)cc1)C(=O)NCCCNCCCCNCCCN. The second kappa shape index (κ2) is 17.5. The van der Waals surface area contributed by atoms with Crippen molar-refractivity contribution in [3.8, 4) is 5.75 Å². The summed E-state index contributed by atoms with van der Waals surface area (Å²) in [5.41, 5.74) is 6.34. The molecule has 31 heavy (non-hydrogen) atoms. The van der Waals surface area contributed by atoms with E-state index in [1.54, 1.807) is 24.3 Å². The molecule has 0 heterocycles. The Labute approximate surface area is 186 Å². The molecule has 0 fully saturated rings. The molecule has 1 rings (SSSR count). The standard InChI is InChI=1S/C23H41N5O3/c1-2-7-22(30)28-21(18-19-8-10-20(29)11-9-19)23(31)27-17-6-16-26-14-4-3-13-25-15-5-12-24/h8-11,21,25-26,29H,2-7,12-18,24H2,1H3,(H,27,31)(H,28,30)/t21-/m1/s1. The molecule has 0 radical (unpaired) electrons. The van der Waals surface area contributed by atoms with Crippen molar-refractivity contribution in [3.63, 3.8) is 0 Å². The van der Waals surface area contributed by atoms with E-state index in [0.717, 1.165) is 70.4 Å². The Morgan fingerprint density at radius 3 is 2.16 bits per heavy atom. The predicted molar refractivity (Wildman–Crippen MR) is 125 cm³/mol. The van der Waals surface area contributed by atoms with Crippen molar-refractivity contribution in [2.75, 3.05) is 39.3 Å². The fraction of sp³-hybridized carbons (Fsp3) is 0.652. The normalized spacial score (nSPS) is 11.8. The van der Waals surface area contributed by atoms with Crippen molar-refractivity contribution in [1.29, 1.82) is 0 Å². The average molecular weight is 436 g/mol. The Hall–Kier alpha value is -2.16. The van der Waals surface area contributed by atoms with Crippen LogP contribution in [0.2, 0.25) is 0 Å². The number of rotatable bonds is 18. The number of nitrogens with two attached hydrogens (primary N) is 1. The van der Waals surface area contributed by atoms with E-state index >= 15 is 0 Å².